The number of ether oxygens (including phenoxy) is 3. The highest BCUT2D eigenvalue weighted by molar-refractivity contribution is 5.85. The molecule has 2 aromatic carbocycles. The van der Waals surface area contributed by atoms with Crippen molar-refractivity contribution in [1.29, 1.82) is 0 Å². The zero-order chi connectivity index (χ0) is 19.5. The van der Waals surface area contributed by atoms with E-state index in [0.717, 1.165) is 0 Å². The molecule has 0 radical (unpaired) electrons. The number of para-hydroxylation sites is 3. The Bertz CT molecular complexity index is 806. The topological polar surface area (TPSA) is 106 Å². The van der Waals surface area contributed by atoms with Gasteiger partial charge >= 0.3 is 5.97 Å². The fourth-order valence-electron chi connectivity index (χ4n) is 2.05. The molecule has 8 nitrogen and oxygen atoms in total. The van der Waals surface area contributed by atoms with Crippen molar-refractivity contribution in [2.24, 2.45) is 5.10 Å². The summed E-state index contributed by atoms with van der Waals surface area (Å²) in [5, 5.41) is 12.5. The first-order chi connectivity index (χ1) is 13.1. The quantitative estimate of drug-likeness (QED) is 0.488. The number of rotatable bonds is 10. The molecule has 0 saturated carbocycles. The zero-order valence-corrected chi connectivity index (χ0v) is 14.8. The molecule has 0 fully saturated rings. The van der Waals surface area contributed by atoms with Crippen LogP contribution in [0.25, 0.3) is 0 Å². The number of nitrogens with zero attached hydrogens (tertiary/aromatic N) is 1. The second-order valence-corrected chi connectivity index (χ2v) is 5.18. The standard InChI is InChI=1S/C19H20N2O6/c1-2-25-16-9-5-6-10-17(16)26-12-18(22)21-20-11-14-7-3-4-8-15(14)27-13-19(23)24/h3-11H,2,12-13H2,1H3,(H,21,22)(H,23,24)/b20-11-. The van der Waals surface area contributed by atoms with E-state index in [1.807, 2.05) is 13.0 Å². The number of carboxylic acid groups (broad SMARTS) is 1. The first kappa shape index (κ1) is 19.8. The Hall–Kier alpha value is -3.55. The van der Waals surface area contributed by atoms with E-state index in [-0.39, 0.29) is 6.61 Å². The lowest BCUT2D eigenvalue weighted by molar-refractivity contribution is -0.139. The lowest BCUT2D eigenvalue weighted by Gasteiger charge is -2.10. The Balaban J connectivity index is 1.88. The molecule has 0 heterocycles. The summed E-state index contributed by atoms with van der Waals surface area (Å²) in [5.41, 5.74) is 2.87. The van der Waals surface area contributed by atoms with Crippen LogP contribution in [0.3, 0.4) is 0 Å². The number of carbonyl (C=O) groups is 2. The van der Waals surface area contributed by atoms with Gasteiger partial charge in [-0.25, -0.2) is 10.2 Å². The van der Waals surface area contributed by atoms with Gasteiger partial charge in [0.1, 0.15) is 5.75 Å². The maximum Gasteiger partial charge on any atom is 0.341 e. The third-order valence-electron chi connectivity index (χ3n) is 3.17. The normalized spacial score (nSPS) is 10.4. The lowest BCUT2D eigenvalue weighted by Crippen LogP contribution is -2.24. The fourth-order valence-corrected chi connectivity index (χ4v) is 2.05. The summed E-state index contributed by atoms with van der Waals surface area (Å²) >= 11 is 0. The van der Waals surface area contributed by atoms with Gasteiger partial charge in [-0.15, -0.1) is 0 Å². The number of benzene rings is 2. The second-order valence-electron chi connectivity index (χ2n) is 5.18. The molecule has 0 aliphatic carbocycles. The summed E-state index contributed by atoms with van der Waals surface area (Å²) in [6.45, 7) is 1.64. The van der Waals surface area contributed by atoms with Crippen molar-refractivity contribution < 1.29 is 28.9 Å². The number of carbonyl (C=O) groups excluding carboxylic acids is 1. The summed E-state index contributed by atoms with van der Waals surface area (Å²) in [4.78, 5) is 22.5. The summed E-state index contributed by atoms with van der Waals surface area (Å²) < 4.78 is 16.0. The summed E-state index contributed by atoms with van der Waals surface area (Å²) in [6, 6.07) is 13.8. The highest BCUT2D eigenvalue weighted by Crippen LogP contribution is 2.26. The number of hydrogen-bond acceptors (Lipinski definition) is 6. The van der Waals surface area contributed by atoms with Crippen LogP contribution in [-0.4, -0.2) is 43.0 Å². The van der Waals surface area contributed by atoms with Crippen LogP contribution in [0, 0.1) is 0 Å². The summed E-state index contributed by atoms with van der Waals surface area (Å²) in [7, 11) is 0. The summed E-state index contributed by atoms with van der Waals surface area (Å²) in [5.74, 6) is -0.174. The highest BCUT2D eigenvalue weighted by atomic mass is 16.5. The average molecular weight is 372 g/mol. The number of hydrazone groups is 1. The van der Waals surface area contributed by atoms with E-state index in [9.17, 15) is 9.59 Å². The third-order valence-corrected chi connectivity index (χ3v) is 3.17. The van der Waals surface area contributed by atoms with Crippen molar-refractivity contribution in [1.82, 2.24) is 5.43 Å². The molecule has 0 spiro atoms. The number of amides is 1. The van der Waals surface area contributed by atoms with Crippen molar-refractivity contribution >= 4 is 18.1 Å². The maximum absolute atomic E-state index is 11.9. The number of aliphatic carboxylic acids is 1. The van der Waals surface area contributed by atoms with E-state index >= 15 is 0 Å². The van der Waals surface area contributed by atoms with E-state index in [0.29, 0.717) is 29.4 Å². The zero-order valence-electron chi connectivity index (χ0n) is 14.8. The molecule has 2 rings (SSSR count). The van der Waals surface area contributed by atoms with Crippen LogP contribution < -0.4 is 19.6 Å². The van der Waals surface area contributed by atoms with Crippen LogP contribution in [0.4, 0.5) is 0 Å². The SMILES string of the molecule is CCOc1ccccc1OCC(=O)N/N=C\c1ccccc1OCC(=O)O. The molecule has 0 saturated heterocycles. The van der Waals surface area contributed by atoms with Crippen molar-refractivity contribution in [2.45, 2.75) is 6.92 Å². The van der Waals surface area contributed by atoms with E-state index < -0.39 is 18.5 Å². The number of nitrogens with one attached hydrogen (secondary N) is 1. The Morgan fingerprint density at radius 2 is 1.56 bits per heavy atom. The highest BCUT2D eigenvalue weighted by Gasteiger charge is 2.07. The fraction of sp³-hybridized carbons (Fsp3) is 0.211. The number of carboxylic acids is 1. The Labute approximate surface area is 156 Å². The van der Waals surface area contributed by atoms with E-state index in [2.05, 4.69) is 10.5 Å². The molecule has 2 aromatic rings. The van der Waals surface area contributed by atoms with E-state index in [1.54, 1.807) is 42.5 Å². The van der Waals surface area contributed by atoms with Crippen LogP contribution >= 0.6 is 0 Å². The Morgan fingerprint density at radius 3 is 2.22 bits per heavy atom. The van der Waals surface area contributed by atoms with Gasteiger partial charge in [-0.3, -0.25) is 4.79 Å². The van der Waals surface area contributed by atoms with Crippen molar-refractivity contribution in [3.8, 4) is 17.2 Å². The largest absolute Gasteiger partial charge is 0.490 e. The minimum atomic E-state index is -1.08. The molecular formula is C19H20N2O6. The first-order valence-corrected chi connectivity index (χ1v) is 8.20. The number of hydrogen-bond donors (Lipinski definition) is 2. The van der Waals surface area contributed by atoms with Crippen LogP contribution in [0.1, 0.15) is 12.5 Å². The Morgan fingerprint density at radius 1 is 0.963 bits per heavy atom. The van der Waals surface area contributed by atoms with Crippen molar-refractivity contribution in [2.75, 3.05) is 19.8 Å². The van der Waals surface area contributed by atoms with Crippen molar-refractivity contribution in [3.63, 3.8) is 0 Å². The van der Waals surface area contributed by atoms with Gasteiger partial charge in [0.25, 0.3) is 5.91 Å². The van der Waals surface area contributed by atoms with Crippen LogP contribution in [0.5, 0.6) is 17.2 Å². The van der Waals surface area contributed by atoms with Gasteiger partial charge in [0, 0.05) is 5.56 Å². The molecule has 0 unspecified atom stereocenters. The van der Waals surface area contributed by atoms with Gasteiger partial charge in [0.15, 0.2) is 24.7 Å². The van der Waals surface area contributed by atoms with Gasteiger partial charge in [-0.1, -0.05) is 24.3 Å². The van der Waals surface area contributed by atoms with E-state index in [1.165, 1.54) is 6.21 Å². The minimum Gasteiger partial charge on any atom is -0.490 e. The third kappa shape index (κ3) is 6.69. The predicted molar refractivity (Wildman–Crippen MR) is 98.4 cm³/mol. The molecule has 2 N–H and O–H groups in total. The van der Waals surface area contributed by atoms with Gasteiger partial charge in [-0.2, -0.15) is 5.10 Å². The van der Waals surface area contributed by atoms with Crippen LogP contribution in [-0.2, 0) is 9.59 Å². The van der Waals surface area contributed by atoms with Crippen LogP contribution in [0.2, 0.25) is 0 Å². The monoisotopic (exact) mass is 372 g/mol. The molecular weight excluding hydrogens is 352 g/mol. The van der Waals surface area contributed by atoms with E-state index in [4.69, 9.17) is 19.3 Å². The van der Waals surface area contributed by atoms with Gasteiger partial charge in [0.05, 0.1) is 12.8 Å². The van der Waals surface area contributed by atoms with Crippen LogP contribution in [0.15, 0.2) is 53.6 Å². The molecule has 142 valence electrons. The molecule has 0 bridgehead atoms. The minimum absolute atomic E-state index is 0.238. The molecule has 8 heteroatoms. The maximum atomic E-state index is 11.9. The lowest BCUT2D eigenvalue weighted by atomic mass is 10.2. The Kier molecular flexibility index (Phi) is 7.65. The first-order valence-electron chi connectivity index (χ1n) is 8.20. The molecule has 0 atom stereocenters. The van der Waals surface area contributed by atoms with Gasteiger partial charge < -0.3 is 19.3 Å². The van der Waals surface area contributed by atoms with Crippen molar-refractivity contribution in [3.05, 3.63) is 54.1 Å². The molecule has 1 amide bonds. The molecule has 27 heavy (non-hydrogen) atoms. The predicted octanol–water partition coefficient (Wildman–Crippen LogP) is 2.08. The molecule has 0 aliphatic rings. The average Bonchev–Trinajstić information content (AvgIpc) is 2.66. The van der Waals surface area contributed by atoms with Gasteiger partial charge in [-0.05, 0) is 31.2 Å². The molecule has 0 aliphatic heterocycles. The summed E-state index contributed by atoms with van der Waals surface area (Å²) in [6.07, 6.45) is 1.36. The smallest absolute Gasteiger partial charge is 0.341 e. The molecule has 0 aromatic heterocycles. The van der Waals surface area contributed by atoms with Gasteiger partial charge in [0.2, 0.25) is 0 Å². The second kappa shape index (κ2) is 10.4.